The molecule has 0 aliphatic heterocycles. The topological polar surface area (TPSA) is 41.1 Å². The largest absolute Gasteiger partial charge is 0.298 e. The summed E-state index contributed by atoms with van der Waals surface area (Å²) in [5.41, 5.74) is 8.71. The Morgan fingerprint density at radius 3 is 2.33 bits per heavy atom. The fourth-order valence-electron chi connectivity index (χ4n) is 4.70. The molecule has 3 heteroatoms. The Morgan fingerprint density at radius 1 is 1.04 bits per heavy atom. The quantitative estimate of drug-likeness (QED) is 0.522. The summed E-state index contributed by atoms with van der Waals surface area (Å²) >= 11 is 0. The van der Waals surface area contributed by atoms with Gasteiger partial charge in [0.1, 0.15) is 0 Å². The fraction of sp³-hybridized carbons (Fsp3) is 0.667. The standard InChI is InChI=1S/C21H32N2O/c1-3-4-7-10-20-11-14-21(15-12-20,16-13-20)19(24)23-22-18-9-6-5-8-17(18)2/h5-6,8-9,22H,3-4,7,10-16H2,1-2H3,(H,23,24). The van der Waals surface area contributed by atoms with E-state index in [4.69, 9.17) is 0 Å². The van der Waals surface area contributed by atoms with E-state index < -0.39 is 0 Å². The Balaban J connectivity index is 1.55. The van der Waals surface area contributed by atoms with Crippen LogP contribution in [-0.4, -0.2) is 5.91 Å². The minimum atomic E-state index is -0.123. The molecule has 132 valence electrons. The van der Waals surface area contributed by atoms with Crippen LogP contribution in [0.2, 0.25) is 0 Å². The van der Waals surface area contributed by atoms with Gasteiger partial charge >= 0.3 is 0 Å². The lowest BCUT2D eigenvalue weighted by molar-refractivity contribution is -0.140. The molecule has 3 aliphatic rings. The Bertz CT molecular complexity index is 556. The van der Waals surface area contributed by atoms with Crippen molar-refractivity contribution in [3.8, 4) is 0 Å². The van der Waals surface area contributed by atoms with Crippen molar-refractivity contribution in [1.29, 1.82) is 0 Å². The number of unbranched alkanes of at least 4 members (excludes halogenated alkanes) is 2. The van der Waals surface area contributed by atoms with E-state index in [1.807, 2.05) is 18.2 Å². The average molecular weight is 329 g/mol. The maximum atomic E-state index is 12.9. The van der Waals surface area contributed by atoms with Crippen LogP contribution < -0.4 is 10.9 Å². The maximum Gasteiger partial charge on any atom is 0.244 e. The molecule has 0 atom stereocenters. The van der Waals surface area contributed by atoms with Gasteiger partial charge in [-0.25, -0.2) is 0 Å². The first-order chi connectivity index (χ1) is 11.6. The summed E-state index contributed by atoms with van der Waals surface area (Å²) in [4.78, 5) is 12.9. The lowest BCUT2D eigenvalue weighted by atomic mass is 9.52. The van der Waals surface area contributed by atoms with Crippen LogP contribution in [0.5, 0.6) is 0 Å². The Labute approximate surface area is 146 Å². The second-order valence-corrected chi connectivity index (χ2v) is 8.13. The zero-order valence-electron chi connectivity index (χ0n) is 15.3. The van der Waals surface area contributed by atoms with Crippen molar-refractivity contribution < 1.29 is 4.79 Å². The molecular weight excluding hydrogens is 296 g/mol. The van der Waals surface area contributed by atoms with Crippen LogP contribution in [-0.2, 0) is 4.79 Å². The highest BCUT2D eigenvalue weighted by Gasteiger charge is 2.51. The summed E-state index contributed by atoms with van der Waals surface area (Å²) in [5, 5.41) is 0. The van der Waals surface area contributed by atoms with Crippen LogP contribution in [0.25, 0.3) is 0 Å². The van der Waals surface area contributed by atoms with Crippen molar-refractivity contribution >= 4 is 11.6 Å². The van der Waals surface area contributed by atoms with Gasteiger partial charge < -0.3 is 0 Å². The third kappa shape index (κ3) is 3.45. The number of aryl methyl sites for hydroxylation is 1. The van der Waals surface area contributed by atoms with E-state index in [1.165, 1.54) is 44.9 Å². The van der Waals surface area contributed by atoms with Crippen molar-refractivity contribution in [1.82, 2.24) is 5.43 Å². The summed E-state index contributed by atoms with van der Waals surface area (Å²) in [6, 6.07) is 8.07. The van der Waals surface area contributed by atoms with Gasteiger partial charge in [0.2, 0.25) is 5.91 Å². The number of carbonyl (C=O) groups excluding carboxylic acids is 1. The van der Waals surface area contributed by atoms with Gasteiger partial charge in [-0.2, -0.15) is 0 Å². The molecule has 0 aromatic heterocycles. The van der Waals surface area contributed by atoms with E-state index >= 15 is 0 Å². The van der Waals surface area contributed by atoms with Gasteiger partial charge in [-0.1, -0.05) is 44.4 Å². The van der Waals surface area contributed by atoms with Crippen LogP contribution in [0.15, 0.2) is 24.3 Å². The smallest absolute Gasteiger partial charge is 0.244 e. The normalized spacial score (nSPS) is 28.6. The molecule has 3 aliphatic carbocycles. The third-order valence-electron chi connectivity index (χ3n) is 6.65. The van der Waals surface area contributed by atoms with Crippen LogP contribution >= 0.6 is 0 Å². The minimum absolute atomic E-state index is 0.123. The van der Waals surface area contributed by atoms with E-state index in [-0.39, 0.29) is 11.3 Å². The maximum absolute atomic E-state index is 12.9. The lowest BCUT2D eigenvalue weighted by Crippen LogP contribution is -2.51. The molecule has 1 aromatic carbocycles. The summed E-state index contributed by atoms with van der Waals surface area (Å²) in [5.74, 6) is 0.201. The second-order valence-electron chi connectivity index (χ2n) is 8.13. The molecule has 0 heterocycles. The molecule has 1 amide bonds. The highest BCUT2D eigenvalue weighted by Crippen LogP contribution is 2.58. The zero-order valence-corrected chi connectivity index (χ0v) is 15.3. The van der Waals surface area contributed by atoms with E-state index in [9.17, 15) is 4.79 Å². The highest BCUT2D eigenvalue weighted by molar-refractivity contribution is 5.84. The van der Waals surface area contributed by atoms with E-state index in [0.29, 0.717) is 5.41 Å². The predicted molar refractivity (Wildman–Crippen MR) is 99.7 cm³/mol. The van der Waals surface area contributed by atoms with Crippen LogP contribution in [0.3, 0.4) is 0 Å². The molecule has 2 N–H and O–H groups in total. The molecule has 0 radical (unpaired) electrons. The molecule has 3 fully saturated rings. The molecule has 0 spiro atoms. The average Bonchev–Trinajstić information content (AvgIpc) is 2.62. The summed E-state index contributed by atoms with van der Waals surface area (Å²) < 4.78 is 0. The second kappa shape index (κ2) is 7.16. The van der Waals surface area contributed by atoms with Crippen molar-refractivity contribution in [2.45, 2.75) is 78.1 Å². The zero-order chi connectivity index (χ0) is 17.0. The first-order valence-electron chi connectivity index (χ1n) is 9.71. The monoisotopic (exact) mass is 328 g/mol. The Morgan fingerprint density at radius 2 is 1.71 bits per heavy atom. The van der Waals surface area contributed by atoms with Gasteiger partial charge in [0.05, 0.1) is 11.1 Å². The van der Waals surface area contributed by atoms with Crippen molar-refractivity contribution in [2.24, 2.45) is 10.8 Å². The number of hydrogen-bond acceptors (Lipinski definition) is 2. The lowest BCUT2D eigenvalue weighted by Gasteiger charge is -2.52. The highest BCUT2D eigenvalue weighted by atomic mass is 16.2. The van der Waals surface area contributed by atoms with Gasteiger partial charge in [-0.05, 0) is 68.9 Å². The number of carbonyl (C=O) groups is 1. The SMILES string of the molecule is CCCCCC12CCC(C(=O)NNc3ccccc3C)(CC1)CC2. The first kappa shape index (κ1) is 17.3. The Kier molecular flexibility index (Phi) is 5.17. The molecule has 24 heavy (non-hydrogen) atoms. The molecule has 2 bridgehead atoms. The van der Waals surface area contributed by atoms with Crippen molar-refractivity contribution in [3.63, 3.8) is 0 Å². The van der Waals surface area contributed by atoms with Crippen LogP contribution in [0.4, 0.5) is 5.69 Å². The number of benzene rings is 1. The third-order valence-corrected chi connectivity index (χ3v) is 6.65. The fourth-order valence-corrected chi connectivity index (χ4v) is 4.70. The molecule has 0 unspecified atom stereocenters. The number of anilines is 1. The minimum Gasteiger partial charge on any atom is -0.298 e. The number of nitrogens with one attached hydrogen (secondary N) is 2. The number of amides is 1. The number of hydrogen-bond donors (Lipinski definition) is 2. The van der Waals surface area contributed by atoms with Gasteiger partial charge in [0.15, 0.2) is 0 Å². The first-order valence-corrected chi connectivity index (χ1v) is 9.71. The number of hydrazine groups is 1. The summed E-state index contributed by atoms with van der Waals surface area (Å²) in [7, 11) is 0. The van der Waals surface area contributed by atoms with E-state index in [0.717, 1.165) is 30.5 Å². The van der Waals surface area contributed by atoms with Gasteiger partial charge in [-0.15, -0.1) is 0 Å². The molecule has 0 saturated heterocycles. The molecule has 3 nitrogen and oxygen atoms in total. The Hall–Kier alpha value is -1.51. The number of para-hydroxylation sites is 1. The van der Waals surface area contributed by atoms with Crippen LogP contribution in [0, 0.1) is 17.8 Å². The summed E-state index contributed by atoms with van der Waals surface area (Å²) in [6.45, 7) is 4.33. The molecule has 4 rings (SSSR count). The van der Waals surface area contributed by atoms with Crippen molar-refractivity contribution in [2.75, 3.05) is 5.43 Å². The van der Waals surface area contributed by atoms with Crippen molar-refractivity contribution in [3.05, 3.63) is 29.8 Å². The number of rotatable bonds is 7. The van der Waals surface area contributed by atoms with E-state index in [2.05, 4.69) is 30.8 Å². The van der Waals surface area contributed by atoms with Gasteiger partial charge in [0.25, 0.3) is 0 Å². The molecule has 1 aromatic rings. The van der Waals surface area contributed by atoms with Crippen LogP contribution in [0.1, 0.15) is 76.7 Å². The van der Waals surface area contributed by atoms with E-state index in [1.54, 1.807) is 0 Å². The number of fused-ring (bicyclic) bond motifs is 3. The summed E-state index contributed by atoms with van der Waals surface area (Å²) in [6.07, 6.45) is 12.3. The van der Waals surface area contributed by atoms with Gasteiger partial charge in [0, 0.05) is 0 Å². The molecule has 3 saturated carbocycles. The predicted octanol–water partition coefficient (Wildman–Crippen LogP) is 5.36. The van der Waals surface area contributed by atoms with Gasteiger partial charge in [-0.3, -0.25) is 15.6 Å². The molecular formula is C21H32N2O.